The number of hydrogen-bond acceptors (Lipinski definition) is 4. The molecular weight excluding hydrogens is 282 g/mol. The van der Waals surface area contributed by atoms with Gasteiger partial charge in [0.2, 0.25) is 5.91 Å². The van der Waals surface area contributed by atoms with E-state index in [1.54, 1.807) is 42.5 Å². The van der Waals surface area contributed by atoms with Crippen LogP contribution in [-0.2, 0) is 4.79 Å². The van der Waals surface area contributed by atoms with Gasteiger partial charge in [-0.2, -0.15) is 5.10 Å². The highest BCUT2D eigenvalue weighted by molar-refractivity contribution is 5.96. The van der Waals surface area contributed by atoms with Crippen LogP contribution < -0.4 is 10.7 Å². The van der Waals surface area contributed by atoms with Crippen LogP contribution in [0.15, 0.2) is 53.6 Å². The molecule has 0 atom stereocenters. The van der Waals surface area contributed by atoms with Gasteiger partial charge in [-0.15, -0.1) is 0 Å². The number of hydrazone groups is 1. The highest BCUT2D eigenvalue weighted by Crippen LogP contribution is 2.10. The fourth-order valence-electron chi connectivity index (χ4n) is 1.74. The molecule has 6 nitrogen and oxygen atoms in total. The van der Waals surface area contributed by atoms with E-state index < -0.39 is 0 Å². The largest absolute Gasteiger partial charge is 0.508 e. The van der Waals surface area contributed by atoms with Crippen LogP contribution in [0.5, 0.6) is 5.75 Å². The molecule has 0 radical (unpaired) electrons. The third kappa shape index (κ3) is 4.45. The lowest BCUT2D eigenvalue weighted by Crippen LogP contribution is -2.17. The monoisotopic (exact) mass is 297 g/mol. The van der Waals surface area contributed by atoms with Gasteiger partial charge in [0.15, 0.2) is 0 Å². The zero-order chi connectivity index (χ0) is 15.9. The maximum absolute atomic E-state index is 11.9. The van der Waals surface area contributed by atoms with Gasteiger partial charge in [-0.25, -0.2) is 5.43 Å². The first kappa shape index (κ1) is 15.2. The minimum atomic E-state index is -0.370. The van der Waals surface area contributed by atoms with Crippen LogP contribution in [0.25, 0.3) is 0 Å². The lowest BCUT2D eigenvalue weighted by molar-refractivity contribution is -0.114. The first-order chi connectivity index (χ1) is 10.5. The van der Waals surface area contributed by atoms with Crippen LogP contribution in [0, 0.1) is 0 Å². The van der Waals surface area contributed by atoms with Gasteiger partial charge in [0.05, 0.1) is 6.21 Å². The van der Waals surface area contributed by atoms with Crippen molar-refractivity contribution in [3.05, 3.63) is 59.7 Å². The third-order valence-corrected chi connectivity index (χ3v) is 2.72. The van der Waals surface area contributed by atoms with Crippen molar-refractivity contribution in [3.63, 3.8) is 0 Å². The number of nitrogens with zero attached hydrogens (tertiary/aromatic N) is 1. The van der Waals surface area contributed by atoms with E-state index >= 15 is 0 Å². The average molecular weight is 297 g/mol. The van der Waals surface area contributed by atoms with Gasteiger partial charge in [-0.05, 0) is 42.0 Å². The molecule has 2 aromatic rings. The van der Waals surface area contributed by atoms with Crippen molar-refractivity contribution in [1.29, 1.82) is 0 Å². The van der Waals surface area contributed by atoms with Crippen molar-refractivity contribution in [1.82, 2.24) is 5.43 Å². The predicted molar refractivity (Wildman–Crippen MR) is 83.9 cm³/mol. The molecule has 3 N–H and O–H groups in total. The number of aromatic hydroxyl groups is 1. The Balaban J connectivity index is 1.96. The van der Waals surface area contributed by atoms with E-state index in [2.05, 4.69) is 15.8 Å². The summed E-state index contributed by atoms with van der Waals surface area (Å²) in [5, 5.41) is 15.8. The normalized spacial score (nSPS) is 10.4. The first-order valence-electron chi connectivity index (χ1n) is 6.55. The molecule has 2 amide bonds. The van der Waals surface area contributed by atoms with Crippen LogP contribution in [0.1, 0.15) is 22.8 Å². The molecule has 0 aromatic heterocycles. The number of carbonyl (C=O) groups excluding carboxylic acids is 2. The molecule has 0 fully saturated rings. The quantitative estimate of drug-likeness (QED) is 0.596. The van der Waals surface area contributed by atoms with Crippen LogP contribution in [0.4, 0.5) is 5.69 Å². The summed E-state index contributed by atoms with van der Waals surface area (Å²) in [6.07, 6.45) is 1.43. The second-order valence-corrected chi connectivity index (χ2v) is 4.55. The summed E-state index contributed by atoms with van der Waals surface area (Å²) < 4.78 is 0. The maximum atomic E-state index is 11.9. The van der Waals surface area contributed by atoms with Gasteiger partial charge < -0.3 is 10.4 Å². The standard InChI is InChI=1S/C16H15N3O3/c1-11(20)18-14-7-5-13(6-8-14)16(22)19-17-10-12-3-2-4-15(21)9-12/h2-10,21H,1H3,(H,18,20)(H,19,22)/b17-10+. The number of nitrogens with one attached hydrogen (secondary N) is 2. The van der Waals surface area contributed by atoms with E-state index in [1.807, 2.05) is 0 Å². The van der Waals surface area contributed by atoms with Gasteiger partial charge in [0.1, 0.15) is 5.75 Å². The number of carbonyl (C=O) groups is 2. The molecule has 0 saturated heterocycles. The molecular formula is C16H15N3O3. The van der Waals surface area contributed by atoms with Crippen molar-refractivity contribution in [2.24, 2.45) is 5.10 Å². The minimum Gasteiger partial charge on any atom is -0.508 e. The Hall–Kier alpha value is -3.15. The fourth-order valence-corrected chi connectivity index (χ4v) is 1.74. The molecule has 0 aliphatic carbocycles. The van der Waals surface area contributed by atoms with Gasteiger partial charge in [0, 0.05) is 18.2 Å². The SMILES string of the molecule is CC(=O)Nc1ccc(C(=O)N/N=C/c2cccc(O)c2)cc1. The number of anilines is 1. The highest BCUT2D eigenvalue weighted by Gasteiger charge is 2.04. The highest BCUT2D eigenvalue weighted by atomic mass is 16.3. The number of phenolic OH excluding ortho intramolecular Hbond substituents is 1. The number of phenols is 1. The summed E-state index contributed by atoms with van der Waals surface area (Å²) in [6.45, 7) is 1.41. The molecule has 0 aliphatic heterocycles. The van der Waals surface area contributed by atoms with Crippen LogP contribution in [0.3, 0.4) is 0 Å². The maximum Gasteiger partial charge on any atom is 0.271 e. The summed E-state index contributed by atoms with van der Waals surface area (Å²) >= 11 is 0. The van der Waals surface area contributed by atoms with E-state index in [0.29, 0.717) is 16.8 Å². The Morgan fingerprint density at radius 1 is 1.14 bits per heavy atom. The summed E-state index contributed by atoms with van der Waals surface area (Å²) in [5.74, 6) is -0.414. The average Bonchev–Trinajstić information content (AvgIpc) is 2.47. The van der Waals surface area contributed by atoms with E-state index in [-0.39, 0.29) is 17.6 Å². The molecule has 2 rings (SSSR count). The van der Waals surface area contributed by atoms with E-state index in [4.69, 9.17) is 0 Å². The molecule has 0 spiro atoms. The lowest BCUT2D eigenvalue weighted by atomic mass is 10.2. The number of amides is 2. The Labute approximate surface area is 127 Å². The summed E-state index contributed by atoms with van der Waals surface area (Å²) in [5.41, 5.74) is 4.09. The summed E-state index contributed by atoms with van der Waals surface area (Å²) in [7, 11) is 0. The number of benzene rings is 2. The molecule has 0 bridgehead atoms. The predicted octanol–water partition coefficient (Wildman–Crippen LogP) is 2.11. The second kappa shape index (κ2) is 7.03. The van der Waals surface area contributed by atoms with E-state index in [1.165, 1.54) is 19.2 Å². The molecule has 0 saturated carbocycles. The topological polar surface area (TPSA) is 90.8 Å². The van der Waals surface area contributed by atoms with Crippen LogP contribution in [0.2, 0.25) is 0 Å². The number of hydrogen-bond donors (Lipinski definition) is 3. The molecule has 112 valence electrons. The molecule has 0 unspecified atom stereocenters. The summed E-state index contributed by atoms with van der Waals surface area (Å²) in [4.78, 5) is 22.8. The van der Waals surface area contributed by atoms with Crippen molar-refractivity contribution >= 4 is 23.7 Å². The van der Waals surface area contributed by atoms with Gasteiger partial charge in [-0.3, -0.25) is 9.59 Å². The second-order valence-electron chi connectivity index (χ2n) is 4.55. The molecule has 6 heteroatoms. The number of rotatable bonds is 4. The molecule has 0 aliphatic rings. The van der Waals surface area contributed by atoms with Gasteiger partial charge >= 0.3 is 0 Å². The fraction of sp³-hybridized carbons (Fsp3) is 0.0625. The molecule has 22 heavy (non-hydrogen) atoms. The van der Waals surface area contributed by atoms with Crippen LogP contribution >= 0.6 is 0 Å². The molecule has 2 aromatic carbocycles. The zero-order valence-electron chi connectivity index (χ0n) is 11.9. The lowest BCUT2D eigenvalue weighted by Gasteiger charge is -2.03. The summed E-state index contributed by atoms with van der Waals surface area (Å²) in [6, 6.07) is 12.9. The van der Waals surface area contributed by atoms with E-state index in [9.17, 15) is 14.7 Å². The van der Waals surface area contributed by atoms with Crippen molar-refractivity contribution < 1.29 is 14.7 Å². The Morgan fingerprint density at radius 2 is 1.86 bits per heavy atom. The van der Waals surface area contributed by atoms with Crippen molar-refractivity contribution in [2.75, 3.05) is 5.32 Å². The smallest absolute Gasteiger partial charge is 0.271 e. The van der Waals surface area contributed by atoms with Gasteiger partial charge in [-0.1, -0.05) is 12.1 Å². The minimum absolute atomic E-state index is 0.129. The van der Waals surface area contributed by atoms with Crippen molar-refractivity contribution in [2.45, 2.75) is 6.92 Å². The molecule has 0 heterocycles. The first-order valence-corrected chi connectivity index (χ1v) is 6.55. The van der Waals surface area contributed by atoms with E-state index in [0.717, 1.165) is 0 Å². The van der Waals surface area contributed by atoms with Crippen molar-refractivity contribution in [3.8, 4) is 5.75 Å². The van der Waals surface area contributed by atoms with Crippen LogP contribution in [-0.4, -0.2) is 23.1 Å². The Bertz CT molecular complexity index is 709. The van der Waals surface area contributed by atoms with Gasteiger partial charge in [0.25, 0.3) is 5.91 Å². The zero-order valence-corrected chi connectivity index (χ0v) is 11.9. The Morgan fingerprint density at radius 3 is 2.50 bits per heavy atom. The Kier molecular flexibility index (Phi) is 4.87. The third-order valence-electron chi connectivity index (χ3n) is 2.72.